The van der Waals surface area contributed by atoms with Crippen molar-refractivity contribution >= 4 is 23.7 Å². The van der Waals surface area contributed by atoms with Crippen molar-refractivity contribution in [3.63, 3.8) is 0 Å². The van der Waals surface area contributed by atoms with Gasteiger partial charge < -0.3 is 4.74 Å². The van der Waals surface area contributed by atoms with Crippen LogP contribution in [0.3, 0.4) is 0 Å². The highest BCUT2D eigenvalue weighted by molar-refractivity contribution is 6.30. The van der Waals surface area contributed by atoms with Crippen molar-refractivity contribution in [2.75, 3.05) is 0 Å². The molecule has 0 spiro atoms. The minimum atomic E-state index is -0.142. The van der Waals surface area contributed by atoms with Crippen LogP contribution in [0.1, 0.15) is 27.8 Å². The first-order chi connectivity index (χ1) is 14.0. The van der Waals surface area contributed by atoms with Gasteiger partial charge >= 0.3 is 0 Å². The molecule has 3 aromatic carbocycles. The van der Waals surface area contributed by atoms with Crippen LogP contribution in [0.25, 0.3) is 0 Å². The number of hydrazone groups is 1. The van der Waals surface area contributed by atoms with E-state index in [9.17, 15) is 4.79 Å². The number of benzene rings is 3. The van der Waals surface area contributed by atoms with E-state index in [1.54, 1.807) is 6.21 Å². The summed E-state index contributed by atoms with van der Waals surface area (Å²) in [4.78, 5) is 12.1. The van der Waals surface area contributed by atoms with E-state index >= 15 is 0 Å². The zero-order valence-electron chi connectivity index (χ0n) is 16.5. The third-order valence-corrected chi connectivity index (χ3v) is 4.70. The van der Waals surface area contributed by atoms with E-state index in [2.05, 4.69) is 16.6 Å². The summed E-state index contributed by atoms with van der Waals surface area (Å²) in [7, 11) is 0. The number of carbonyl (C=O) groups is 1. The molecule has 0 aromatic heterocycles. The lowest BCUT2D eigenvalue weighted by Gasteiger charge is -2.07. The summed E-state index contributed by atoms with van der Waals surface area (Å²) in [6.07, 6.45) is 1.92. The quantitative estimate of drug-likeness (QED) is 0.431. The molecule has 0 saturated carbocycles. The molecule has 1 N–H and O–H groups in total. The van der Waals surface area contributed by atoms with E-state index in [-0.39, 0.29) is 5.91 Å². The summed E-state index contributed by atoms with van der Waals surface area (Å²) in [5, 5.41) is 4.75. The van der Waals surface area contributed by atoms with Crippen LogP contribution >= 0.6 is 11.6 Å². The molecule has 1 amide bonds. The highest BCUT2D eigenvalue weighted by Crippen LogP contribution is 2.15. The summed E-state index contributed by atoms with van der Waals surface area (Å²) in [6.45, 7) is 4.52. The van der Waals surface area contributed by atoms with Gasteiger partial charge in [0.25, 0.3) is 0 Å². The Morgan fingerprint density at radius 1 is 1.03 bits per heavy atom. The van der Waals surface area contributed by atoms with Crippen molar-refractivity contribution in [2.24, 2.45) is 5.10 Å². The van der Waals surface area contributed by atoms with Gasteiger partial charge in [-0.3, -0.25) is 4.79 Å². The van der Waals surface area contributed by atoms with Crippen LogP contribution < -0.4 is 10.2 Å². The van der Waals surface area contributed by atoms with Gasteiger partial charge in [0.2, 0.25) is 5.91 Å². The molecular weight excluding hydrogens is 384 g/mol. The Balaban J connectivity index is 1.47. The number of ether oxygens (including phenoxy) is 1. The summed E-state index contributed by atoms with van der Waals surface area (Å²) in [5.74, 6) is 0.618. The van der Waals surface area contributed by atoms with Crippen LogP contribution in [-0.4, -0.2) is 12.1 Å². The van der Waals surface area contributed by atoms with Crippen LogP contribution in [0.5, 0.6) is 5.75 Å². The Bertz CT molecular complexity index is 996. The van der Waals surface area contributed by atoms with Crippen molar-refractivity contribution in [1.29, 1.82) is 0 Å². The van der Waals surface area contributed by atoms with Crippen LogP contribution in [0, 0.1) is 13.8 Å². The predicted octanol–water partition coefficient (Wildman–Crippen LogP) is 5.23. The summed E-state index contributed by atoms with van der Waals surface area (Å²) in [6, 6.07) is 21.1. The van der Waals surface area contributed by atoms with E-state index in [1.165, 1.54) is 5.56 Å². The largest absolute Gasteiger partial charge is 0.489 e. The lowest BCUT2D eigenvalue weighted by atomic mass is 10.0. The molecule has 0 heterocycles. The minimum Gasteiger partial charge on any atom is -0.489 e. The molecule has 29 heavy (non-hydrogen) atoms. The molecule has 5 heteroatoms. The van der Waals surface area contributed by atoms with Gasteiger partial charge in [0, 0.05) is 5.02 Å². The number of nitrogens with zero attached hydrogens (tertiary/aromatic N) is 1. The minimum absolute atomic E-state index is 0.142. The van der Waals surface area contributed by atoms with Crippen molar-refractivity contribution < 1.29 is 9.53 Å². The topological polar surface area (TPSA) is 50.7 Å². The maximum absolute atomic E-state index is 12.1. The highest BCUT2D eigenvalue weighted by Gasteiger charge is 2.05. The third kappa shape index (κ3) is 6.47. The fourth-order valence-electron chi connectivity index (χ4n) is 2.83. The molecular formula is C24H23ClN2O2. The van der Waals surface area contributed by atoms with Crippen LogP contribution in [0.2, 0.25) is 5.02 Å². The number of aryl methyl sites for hydroxylation is 2. The first kappa shape index (κ1) is 20.6. The second kappa shape index (κ2) is 9.89. The van der Waals surface area contributed by atoms with Crippen molar-refractivity contribution in [1.82, 2.24) is 5.43 Å². The highest BCUT2D eigenvalue weighted by atomic mass is 35.5. The number of rotatable bonds is 7. The fraction of sp³-hybridized carbons (Fsp3) is 0.167. The second-order valence-electron chi connectivity index (χ2n) is 6.88. The molecule has 0 saturated heterocycles. The Morgan fingerprint density at radius 2 is 1.76 bits per heavy atom. The molecule has 0 atom stereocenters. The van der Waals surface area contributed by atoms with E-state index in [4.69, 9.17) is 16.3 Å². The molecule has 0 radical (unpaired) electrons. The lowest BCUT2D eigenvalue weighted by Crippen LogP contribution is -2.20. The lowest BCUT2D eigenvalue weighted by molar-refractivity contribution is -0.120. The molecule has 0 aliphatic rings. The monoisotopic (exact) mass is 406 g/mol. The fourth-order valence-corrected chi connectivity index (χ4v) is 2.96. The Hall–Kier alpha value is -3.11. The molecule has 3 aromatic rings. The molecule has 0 unspecified atom stereocenters. The summed E-state index contributed by atoms with van der Waals surface area (Å²) < 4.78 is 5.76. The SMILES string of the molecule is Cc1ccc(CC(=O)N/N=C/c2ccc(OCc3ccc(Cl)cc3)cc2)c(C)c1. The van der Waals surface area contributed by atoms with Crippen molar-refractivity contribution in [3.05, 3.63) is 99.6 Å². The second-order valence-corrected chi connectivity index (χ2v) is 7.32. The van der Waals surface area contributed by atoms with Crippen molar-refractivity contribution in [2.45, 2.75) is 26.9 Å². The zero-order valence-corrected chi connectivity index (χ0v) is 17.2. The molecule has 3 rings (SSSR count). The molecule has 0 fully saturated rings. The first-order valence-electron chi connectivity index (χ1n) is 9.35. The van der Waals surface area contributed by atoms with Gasteiger partial charge in [0.05, 0.1) is 12.6 Å². The van der Waals surface area contributed by atoms with Gasteiger partial charge in [0.1, 0.15) is 12.4 Å². The zero-order chi connectivity index (χ0) is 20.6. The van der Waals surface area contributed by atoms with E-state index in [0.29, 0.717) is 18.1 Å². The Labute approximate surface area is 176 Å². The number of hydrogen-bond donors (Lipinski definition) is 1. The van der Waals surface area contributed by atoms with Gasteiger partial charge in [-0.05, 0) is 72.5 Å². The van der Waals surface area contributed by atoms with E-state index in [0.717, 1.165) is 28.0 Å². The molecule has 0 bridgehead atoms. The number of carbonyl (C=O) groups excluding carboxylic acids is 1. The normalized spacial score (nSPS) is 10.9. The van der Waals surface area contributed by atoms with Gasteiger partial charge in [-0.2, -0.15) is 5.10 Å². The average molecular weight is 407 g/mol. The van der Waals surface area contributed by atoms with Crippen molar-refractivity contribution in [3.8, 4) is 5.75 Å². The summed E-state index contributed by atoms with van der Waals surface area (Å²) in [5.41, 5.74) is 7.79. The maximum atomic E-state index is 12.1. The number of hydrogen-bond acceptors (Lipinski definition) is 3. The van der Waals surface area contributed by atoms with E-state index < -0.39 is 0 Å². The molecule has 4 nitrogen and oxygen atoms in total. The Morgan fingerprint density at radius 3 is 2.45 bits per heavy atom. The van der Waals surface area contributed by atoms with Crippen LogP contribution in [0.15, 0.2) is 71.8 Å². The maximum Gasteiger partial charge on any atom is 0.244 e. The number of nitrogens with one attached hydrogen (secondary N) is 1. The smallest absolute Gasteiger partial charge is 0.244 e. The van der Waals surface area contributed by atoms with Gasteiger partial charge in [0.15, 0.2) is 0 Å². The van der Waals surface area contributed by atoms with E-state index in [1.807, 2.05) is 74.5 Å². The van der Waals surface area contributed by atoms with Gasteiger partial charge in [-0.15, -0.1) is 0 Å². The molecule has 148 valence electrons. The third-order valence-electron chi connectivity index (χ3n) is 4.45. The first-order valence-corrected chi connectivity index (χ1v) is 9.73. The van der Waals surface area contributed by atoms with Crippen LogP contribution in [0.4, 0.5) is 0 Å². The summed E-state index contributed by atoms with van der Waals surface area (Å²) >= 11 is 5.88. The number of amides is 1. The standard InChI is InChI=1S/C24H23ClN2O2/c1-17-3-8-21(18(2)13-17)14-24(28)27-26-15-19-6-11-23(12-7-19)29-16-20-4-9-22(25)10-5-20/h3-13,15H,14,16H2,1-2H3,(H,27,28)/b26-15+. The average Bonchev–Trinajstić information content (AvgIpc) is 2.71. The van der Waals surface area contributed by atoms with Gasteiger partial charge in [-0.25, -0.2) is 5.43 Å². The predicted molar refractivity (Wildman–Crippen MR) is 118 cm³/mol. The molecule has 0 aliphatic carbocycles. The number of halogens is 1. The van der Waals surface area contributed by atoms with Gasteiger partial charge in [-0.1, -0.05) is 47.5 Å². The van der Waals surface area contributed by atoms with Crippen LogP contribution in [-0.2, 0) is 17.8 Å². The Kier molecular flexibility index (Phi) is 7.04. The molecule has 0 aliphatic heterocycles.